The van der Waals surface area contributed by atoms with E-state index in [4.69, 9.17) is 5.11 Å². The fourth-order valence-electron chi connectivity index (χ4n) is 0.934. The third-order valence-electron chi connectivity index (χ3n) is 1.65. The summed E-state index contributed by atoms with van der Waals surface area (Å²) in [6.45, 7) is 5.46. The molecule has 0 aliphatic heterocycles. The number of pyridine rings is 1. The van der Waals surface area contributed by atoms with E-state index in [1.165, 1.54) is 6.07 Å². The summed E-state index contributed by atoms with van der Waals surface area (Å²) in [6, 6.07) is 4.66. The van der Waals surface area contributed by atoms with Gasteiger partial charge in [0.1, 0.15) is 5.69 Å². The lowest BCUT2D eigenvalue weighted by molar-refractivity contribution is 0.0852. The SMILES string of the molecule is CC(C)(C)C(=O)c1cccc(O)n1. The molecule has 0 spiro atoms. The molecule has 13 heavy (non-hydrogen) atoms. The molecule has 1 N–H and O–H groups in total. The van der Waals surface area contributed by atoms with Crippen LogP contribution in [0.1, 0.15) is 31.3 Å². The molecule has 70 valence electrons. The second kappa shape index (κ2) is 3.17. The molecule has 3 nitrogen and oxygen atoms in total. The normalized spacial score (nSPS) is 11.3. The molecule has 0 radical (unpaired) electrons. The van der Waals surface area contributed by atoms with Gasteiger partial charge in [-0.15, -0.1) is 0 Å². The van der Waals surface area contributed by atoms with Crippen molar-refractivity contribution in [2.45, 2.75) is 20.8 Å². The van der Waals surface area contributed by atoms with Crippen molar-refractivity contribution < 1.29 is 9.90 Å². The lowest BCUT2D eigenvalue weighted by atomic mass is 9.89. The fourth-order valence-corrected chi connectivity index (χ4v) is 0.934. The molecule has 0 atom stereocenters. The lowest BCUT2D eigenvalue weighted by Crippen LogP contribution is -2.21. The Balaban J connectivity index is 3.03. The highest BCUT2D eigenvalue weighted by Gasteiger charge is 2.23. The summed E-state index contributed by atoms with van der Waals surface area (Å²) >= 11 is 0. The predicted molar refractivity (Wildman–Crippen MR) is 49.7 cm³/mol. The van der Waals surface area contributed by atoms with Crippen molar-refractivity contribution in [3.8, 4) is 5.88 Å². The third-order valence-corrected chi connectivity index (χ3v) is 1.65. The minimum absolute atomic E-state index is 0.0663. The predicted octanol–water partition coefficient (Wildman–Crippen LogP) is 2.02. The highest BCUT2D eigenvalue weighted by atomic mass is 16.3. The first kappa shape index (κ1) is 9.71. The van der Waals surface area contributed by atoms with E-state index < -0.39 is 5.41 Å². The zero-order valence-corrected chi connectivity index (χ0v) is 8.03. The molecule has 1 aromatic rings. The van der Waals surface area contributed by atoms with Gasteiger partial charge in [-0.1, -0.05) is 26.8 Å². The van der Waals surface area contributed by atoms with E-state index in [9.17, 15) is 4.79 Å². The Kier molecular flexibility index (Phi) is 2.36. The number of hydrogen-bond donors (Lipinski definition) is 1. The van der Waals surface area contributed by atoms with E-state index in [1.54, 1.807) is 12.1 Å². The lowest BCUT2D eigenvalue weighted by Gasteiger charge is -2.15. The summed E-state index contributed by atoms with van der Waals surface area (Å²) in [7, 11) is 0. The number of carbonyl (C=O) groups excluding carboxylic acids is 1. The van der Waals surface area contributed by atoms with Crippen molar-refractivity contribution in [3.63, 3.8) is 0 Å². The second-order valence-electron chi connectivity index (χ2n) is 3.96. The Bertz CT molecular complexity index is 326. The number of aromatic hydroxyl groups is 1. The Hall–Kier alpha value is -1.38. The number of ketones is 1. The minimum Gasteiger partial charge on any atom is -0.493 e. The molecule has 0 aromatic carbocycles. The van der Waals surface area contributed by atoms with Crippen LogP contribution < -0.4 is 0 Å². The first-order valence-electron chi connectivity index (χ1n) is 4.12. The standard InChI is InChI=1S/C10H13NO2/c1-10(2,3)9(13)7-5-4-6-8(12)11-7/h4-6H,1-3H3,(H,11,12). The number of rotatable bonds is 1. The summed E-state index contributed by atoms with van der Waals surface area (Å²) in [5, 5.41) is 9.06. The Morgan fingerprint density at radius 2 is 2.00 bits per heavy atom. The van der Waals surface area contributed by atoms with E-state index in [1.807, 2.05) is 20.8 Å². The van der Waals surface area contributed by atoms with Gasteiger partial charge in [0.25, 0.3) is 0 Å². The van der Waals surface area contributed by atoms with E-state index in [0.717, 1.165) is 0 Å². The zero-order chi connectivity index (χ0) is 10.1. The number of aromatic nitrogens is 1. The highest BCUT2D eigenvalue weighted by molar-refractivity contribution is 5.98. The van der Waals surface area contributed by atoms with Crippen LogP contribution in [-0.2, 0) is 0 Å². The van der Waals surface area contributed by atoms with Gasteiger partial charge in [-0.3, -0.25) is 4.79 Å². The van der Waals surface area contributed by atoms with Crippen LogP contribution in [0.5, 0.6) is 5.88 Å². The molecule has 0 saturated carbocycles. The summed E-state index contributed by atoms with van der Waals surface area (Å²) in [5.74, 6) is -0.182. The van der Waals surface area contributed by atoms with Gasteiger partial charge in [-0.05, 0) is 6.07 Å². The molecular weight excluding hydrogens is 166 g/mol. The van der Waals surface area contributed by atoms with E-state index in [0.29, 0.717) is 5.69 Å². The maximum atomic E-state index is 11.6. The molecular formula is C10H13NO2. The Morgan fingerprint density at radius 1 is 1.38 bits per heavy atom. The molecule has 0 saturated heterocycles. The van der Waals surface area contributed by atoms with Gasteiger partial charge in [-0.25, -0.2) is 4.98 Å². The van der Waals surface area contributed by atoms with Crippen molar-refractivity contribution in [2.75, 3.05) is 0 Å². The van der Waals surface area contributed by atoms with Crippen molar-refractivity contribution in [2.24, 2.45) is 5.41 Å². The Morgan fingerprint density at radius 3 is 2.46 bits per heavy atom. The molecule has 1 aromatic heterocycles. The van der Waals surface area contributed by atoms with Gasteiger partial charge in [-0.2, -0.15) is 0 Å². The van der Waals surface area contributed by atoms with Crippen molar-refractivity contribution in [3.05, 3.63) is 23.9 Å². The van der Waals surface area contributed by atoms with Gasteiger partial charge < -0.3 is 5.11 Å². The number of carbonyl (C=O) groups is 1. The summed E-state index contributed by atoms with van der Waals surface area (Å²) < 4.78 is 0. The number of hydrogen-bond acceptors (Lipinski definition) is 3. The minimum atomic E-state index is -0.458. The second-order valence-corrected chi connectivity index (χ2v) is 3.96. The maximum Gasteiger partial charge on any atom is 0.211 e. The average Bonchev–Trinajstić information content (AvgIpc) is 2.01. The fraction of sp³-hybridized carbons (Fsp3) is 0.400. The van der Waals surface area contributed by atoms with Crippen molar-refractivity contribution >= 4 is 5.78 Å². The van der Waals surface area contributed by atoms with Crippen LogP contribution in [0.4, 0.5) is 0 Å². The van der Waals surface area contributed by atoms with Crippen LogP contribution >= 0.6 is 0 Å². The third kappa shape index (κ3) is 2.28. The Labute approximate surface area is 77.4 Å². The van der Waals surface area contributed by atoms with E-state index in [2.05, 4.69) is 4.98 Å². The van der Waals surface area contributed by atoms with Crippen LogP contribution in [0.2, 0.25) is 0 Å². The highest BCUT2D eigenvalue weighted by Crippen LogP contribution is 2.20. The van der Waals surface area contributed by atoms with Crippen molar-refractivity contribution in [1.29, 1.82) is 0 Å². The van der Waals surface area contributed by atoms with E-state index >= 15 is 0 Å². The molecule has 1 rings (SSSR count). The van der Waals surface area contributed by atoms with Crippen LogP contribution in [0.25, 0.3) is 0 Å². The summed E-state index contributed by atoms with van der Waals surface area (Å²) in [4.78, 5) is 15.4. The van der Waals surface area contributed by atoms with Gasteiger partial charge >= 0.3 is 0 Å². The topological polar surface area (TPSA) is 50.2 Å². The molecule has 0 aliphatic carbocycles. The van der Waals surface area contributed by atoms with Crippen LogP contribution in [0.3, 0.4) is 0 Å². The zero-order valence-electron chi connectivity index (χ0n) is 8.03. The molecule has 1 heterocycles. The summed E-state index contributed by atoms with van der Waals surface area (Å²) in [5.41, 5.74) is -0.145. The van der Waals surface area contributed by atoms with Crippen LogP contribution in [0.15, 0.2) is 18.2 Å². The molecule has 0 unspecified atom stereocenters. The molecule has 0 fully saturated rings. The van der Waals surface area contributed by atoms with Gasteiger partial charge in [0.2, 0.25) is 5.88 Å². The molecule has 0 aliphatic rings. The van der Waals surface area contributed by atoms with Crippen LogP contribution in [-0.4, -0.2) is 15.9 Å². The van der Waals surface area contributed by atoms with Gasteiger partial charge in [0, 0.05) is 11.5 Å². The largest absolute Gasteiger partial charge is 0.493 e. The molecule has 3 heteroatoms. The smallest absolute Gasteiger partial charge is 0.211 e. The molecule has 0 bridgehead atoms. The first-order valence-corrected chi connectivity index (χ1v) is 4.12. The van der Waals surface area contributed by atoms with Gasteiger partial charge in [0.05, 0.1) is 0 Å². The first-order chi connectivity index (χ1) is 5.91. The van der Waals surface area contributed by atoms with Crippen molar-refractivity contribution in [1.82, 2.24) is 4.98 Å². The number of Topliss-reactive ketones (excluding diaryl/α,β-unsaturated/α-hetero) is 1. The van der Waals surface area contributed by atoms with Crippen LogP contribution in [0, 0.1) is 5.41 Å². The quantitative estimate of drug-likeness (QED) is 0.671. The van der Waals surface area contributed by atoms with E-state index in [-0.39, 0.29) is 11.7 Å². The maximum absolute atomic E-state index is 11.6. The van der Waals surface area contributed by atoms with Gasteiger partial charge in [0.15, 0.2) is 5.78 Å². The number of nitrogens with zero attached hydrogens (tertiary/aromatic N) is 1. The molecule has 0 amide bonds. The monoisotopic (exact) mass is 179 g/mol. The summed E-state index contributed by atoms with van der Waals surface area (Å²) in [6.07, 6.45) is 0. The average molecular weight is 179 g/mol.